The second-order valence-electron chi connectivity index (χ2n) is 3.39. The molecule has 1 aromatic carbocycles. The first-order valence-electron chi connectivity index (χ1n) is 4.26. The van der Waals surface area contributed by atoms with Gasteiger partial charge in [0.05, 0.1) is 6.04 Å². The second kappa shape index (κ2) is 2.67. The molecule has 1 heteroatoms. The smallest absolute Gasteiger partial charge is 0.102 e. The number of quaternary nitrogens is 1. The molecule has 2 rings (SSSR count). The van der Waals surface area contributed by atoms with Gasteiger partial charge in [-0.2, -0.15) is 0 Å². The van der Waals surface area contributed by atoms with E-state index >= 15 is 0 Å². The molecule has 0 amide bonds. The van der Waals surface area contributed by atoms with Crippen LogP contribution in [0.4, 0.5) is 0 Å². The Hall–Kier alpha value is -0.820. The Balaban J connectivity index is 2.34. The SMILES string of the molecule is C[C@@H]1Cc2ccccc2C[NH2+]1. The Morgan fingerprint density at radius 1 is 1.27 bits per heavy atom. The predicted molar refractivity (Wildman–Crippen MR) is 45.2 cm³/mol. The van der Waals surface area contributed by atoms with Crippen molar-refractivity contribution in [2.24, 2.45) is 0 Å². The van der Waals surface area contributed by atoms with E-state index in [2.05, 4.69) is 36.5 Å². The zero-order chi connectivity index (χ0) is 7.68. The molecule has 0 saturated heterocycles. The molecule has 0 fully saturated rings. The van der Waals surface area contributed by atoms with Crippen LogP contribution in [-0.4, -0.2) is 6.04 Å². The van der Waals surface area contributed by atoms with E-state index in [0.717, 1.165) is 12.6 Å². The minimum atomic E-state index is 0.768. The Morgan fingerprint density at radius 3 is 2.82 bits per heavy atom. The van der Waals surface area contributed by atoms with Crippen molar-refractivity contribution in [2.45, 2.75) is 25.9 Å². The molecule has 0 unspecified atom stereocenters. The van der Waals surface area contributed by atoms with E-state index in [4.69, 9.17) is 0 Å². The molecule has 0 aliphatic carbocycles. The maximum Gasteiger partial charge on any atom is 0.102 e. The lowest BCUT2D eigenvalue weighted by molar-refractivity contribution is -0.704. The summed E-state index contributed by atoms with van der Waals surface area (Å²) >= 11 is 0. The number of benzene rings is 1. The molecule has 1 heterocycles. The molecular formula is C10H14N+. The van der Waals surface area contributed by atoms with E-state index in [1.807, 2.05) is 0 Å². The van der Waals surface area contributed by atoms with Gasteiger partial charge in [0, 0.05) is 12.0 Å². The van der Waals surface area contributed by atoms with Gasteiger partial charge in [0.15, 0.2) is 0 Å². The summed E-state index contributed by atoms with van der Waals surface area (Å²) in [6, 6.07) is 9.51. The highest BCUT2D eigenvalue weighted by atomic mass is 14.9. The fourth-order valence-corrected chi connectivity index (χ4v) is 1.71. The molecule has 2 N–H and O–H groups in total. The third kappa shape index (κ3) is 1.29. The van der Waals surface area contributed by atoms with E-state index in [0.29, 0.717) is 0 Å². The van der Waals surface area contributed by atoms with E-state index < -0.39 is 0 Å². The average molecular weight is 148 g/mol. The largest absolute Gasteiger partial charge is 0.340 e. The van der Waals surface area contributed by atoms with Crippen molar-refractivity contribution in [3.63, 3.8) is 0 Å². The topological polar surface area (TPSA) is 16.6 Å². The predicted octanol–water partition coefficient (Wildman–Crippen LogP) is 0.695. The van der Waals surface area contributed by atoms with E-state index in [9.17, 15) is 0 Å². The first kappa shape index (κ1) is 6.86. The summed E-state index contributed by atoms with van der Waals surface area (Å²) in [5, 5.41) is 2.41. The molecule has 1 aliphatic heterocycles. The van der Waals surface area contributed by atoms with Gasteiger partial charge in [0.1, 0.15) is 6.54 Å². The van der Waals surface area contributed by atoms with Crippen molar-refractivity contribution in [1.82, 2.24) is 0 Å². The van der Waals surface area contributed by atoms with Gasteiger partial charge < -0.3 is 5.32 Å². The summed E-state index contributed by atoms with van der Waals surface area (Å²) in [7, 11) is 0. The number of hydrogen-bond acceptors (Lipinski definition) is 0. The van der Waals surface area contributed by atoms with Crippen molar-refractivity contribution in [1.29, 1.82) is 0 Å². The quantitative estimate of drug-likeness (QED) is 0.557. The maximum absolute atomic E-state index is 2.41. The van der Waals surface area contributed by atoms with Crippen LogP contribution in [0.2, 0.25) is 0 Å². The lowest BCUT2D eigenvalue weighted by Gasteiger charge is -2.19. The van der Waals surface area contributed by atoms with Crippen LogP contribution in [0.15, 0.2) is 24.3 Å². The van der Waals surface area contributed by atoms with Crippen LogP contribution in [0, 0.1) is 0 Å². The number of fused-ring (bicyclic) bond motifs is 1. The summed E-state index contributed by atoms with van der Waals surface area (Å²) in [5.74, 6) is 0. The third-order valence-electron chi connectivity index (χ3n) is 2.40. The Kier molecular flexibility index (Phi) is 1.66. The van der Waals surface area contributed by atoms with Gasteiger partial charge in [-0.05, 0) is 12.5 Å². The van der Waals surface area contributed by atoms with Gasteiger partial charge in [-0.15, -0.1) is 0 Å². The minimum absolute atomic E-state index is 0.768. The van der Waals surface area contributed by atoms with Gasteiger partial charge in [-0.25, -0.2) is 0 Å². The molecule has 0 bridgehead atoms. The van der Waals surface area contributed by atoms with Crippen LogP contribution >= 0.6 is 0 Å². The Morgan fingerprint density at radius 2 is 2.00 bits per heavy atom. The van der Waals surface area contributed by atoms with Crippen LogP contribution in [-0.2, 0) is 13.0 Å². The van der Waals surface area contributed by atoms with Crippen molar-refractivity contribution >= 4 is 0 Å². The van der Waals surface area contributed by atoms with Crippen molar-refractivity contribution < 1.29 is 5.32 Å². The Bertz CT molecular complexity index is 255. The first-order chi connectivity index (χ1) is 5.36. The summed E-state index contributed by atoms with van der Waals surface area (Å²) in [5.41, 5.74) is 3.06. The Labute approximate surface area is 67.4 Å². The molecule has 1 nitrogen and oxygen atoms in total. The normalized spacial score (nSPS) is 22.8. The number of hydrogen-bond donors (Lipinski definition) is 1. The van der Waals surface area contributed by atoms with Gasteiger partial charge in [-0.3, -0.25) is 0 Å². The van der Waals surface area contributed by atoms with Crippen LogP contribution in [0.3, 0.4) is 0 Å². The monoisotopic (exact) mass is 148 g/mol. The molecular weight excluding hydrogens is 134 g/mol. The van der Waals surface area contributed by atoms with Gasteiger partial charge in [0.25, 0.3) is 0 Å². The highest BCUT2D eigenvalue weighted by Crippen LogP contribution is 2.11. The summed E-state index contributed by atoms with van der Waals surface area (Å²) in [4.78, 5) is 0. The lowest BCUT2D eigenvalue weighted by atomic mass is 9.97. The molecule has 1 atom stereocenters. The second-order valence-corrected chi connectivity index (χ2v) is 3.39. The standard InChI is InChI=1S/C10H13N/c1-8-6-9-4-2-3-5-10(9)7-11-8/h2-5,8,11H,6-7H2,1H3/p+1/t8-/m1/s1. The average Bonchev–Trinajstić information content (AvgIpc) is 2.04. The van der Waals surface area contributed by atoms with Crippen molar-refractivity contribution in [3.8, 4) is 0 Å². The van der Waals surface area contributed by atoms with Crippen molar-refractivity contribution in [3.05, 3.63) is 35.4 Å². The van der Waals surface area contributed by atoms with E-state index in [-0.39, 0.29) is 0 Å². The molecule has 0 saturated carbocycles. The zero-order valence-electron chi connectivity index (χ0n) is 6.88. The zero-order valence-corrected chi connectivity index (χ0v) is 6.88. The summed E-state index contributed by atoms with van der Waals surface area (Å²) in [6.07, 6.45) is 1.23. The van der Waals surface area contributed by atoms with Gasteiger partial charge in [-0.1, -0.05) is 24.3 Å². The minimum Gasteiger partial charge on any atom is -0.340 e. The number of rotatable bonds is 0. The van der Waals surface area contributed by atoms with Gasteiger partial charge >= 0.3 is 0 Å². The molecule has 11 heavy (non-hydrogen) atoms. The van der Waals surface area contributed by atoms with Crippen LogP contribution in [0.1, 0.15) is 18.1 Å². The van der Waals surface area contributed by atoms with Crippen LogP contribution in [0.5, 0.6) is 0 Å². The molecule has 1 aliphatic rings. The molecule has 0 spiro atoms. The molecule has 0 aromatic heterocycles. The summed E-state index contributed by atoms with van der Waals surface area (Å²) in [6.45, 7) is 3.45. The van der Waals surface area contributed by atoms with Crippen molar-refractivity contribution in [2.75, 3.05) is 0 Å². The molecule has 0 radical (unpaired) electrons. The van der Waals surface area contributed by atoms with E-state index in [1.165, 1.54) is 12.0 Å². The lowest BCUT2D eigenvalue weighted by Crippen LogP contribution is -2.89. The third-order valence-corrected chi connectivity index (χ3v) is 2.40. The fourth-order valence-electron chi connectivity index (χ4n) is 1.71. The maximum atomic E-state index is 2.41. The molecule has 1 aromatic rings. The highest BCUT2D eigenvalue weighted by Gasteiger charge is 2.15. The fraction of sp³-hybridized carbons (Fsp3) is 0.400. The van der Waals surface area contributed by atoms with E-state index in [1.54, 1.807) is 5.56 Å². The summed E-state index contributed by atoms with van der Waals surface area (Å²) < 4.78 is 0. The first-order valence-corrected chi connectivity index (χ1v) is 4.26. The van der Waals surface area contributed by atoms with Gasteiger partial charge in [0.2, 0.25) is 0 Å². The van der Waals surface area contributed by atoms with Crippen LogP contribution < -0.4 is 5.32 Å². The highest BCUT2D eigenvalue weighted by molar-refractivity contribution is 5.27. The number of nitrogens with two attached hydrogens (primary N) is 1. The molecule has 58 valence electrons. The van der Waals surface area contributed by atoms with Crippen LogP contribution in [0.25, 0.3) is 0 Å².